The Morgan fingerprint density at radius 1 is 1.16 bits per heavy atom. The minimum Gasteiger partial charge on any atom is -0.457 e. The van der Waals surface area contributed by atoms with Gasteiger partial charge in [0.2, 0.25) is 0 Å². The van der Waals surface area contributed by atoms with E-state index >= 15 is 0 Å². The third-order valence-electron chi connectivity index (χ3n) is 2.73. The molecule has 1 N–H and O–H groups in total. The van der Waals surface area contributed by atoms with Gasteiger partial charge in [-0.1, -0.05) is 13.0 Å². The summed E-state index contributed by atoms with van der Waals surface area (Å²) in [6.45, 7) is 3.99. The van der Waals surface area contributed by atoms with E-state index in [2.05, 4.69) is 12.2 Å². The molecule has 0 unspecified atom stereocenters. The maximum atomic E-state index is 12.8. The Morgan fingerprint density at radius 2 is 1.95 bits per heavy atom. The summed E-state index contributed by atoms with van der Waals surface area (Å²) < 4.78 is 18.5. The standard InChI is InChI=1S/C16H18FNO/c1-2-11-18-12-3-4-15-9-10-16(19-15)13-5-7-14(17)8-6-13/h3-10,18H,2,11-12H2,1H3. The monoisotopic (exact) mass is 259 g/mol. The van der Waals surface area contributed by atoms with E-state index in [9.17, 15) is 4.39 Å². The molecule has 0 bridgehead atoms. The summed E-state index contributed by atoms with van der Waals surface area (Å²) in [7, 11) is 0. The molecule has 19 heavy (non-hydrogen) atoms. The Balaban J connectivity index is 1.97. The van der Waals surface area contributed by atoms with Crippen LogP contribution in [0.3, 0.4) is 0 Å². The molecule has 100 valence electrons. The van der Waals surface area contributed by atoms with Gasteiger partial charge in [-0.3, -0.25) is 0 Å². The van der Waals surface area contributed by atoms with E-state index in [0.29, 0.717) is 0 Å². The Labute approximate surface area is 112 Å². The van der Waals surface area contributed by atoms with Crippen molar-refractivity contribution >= 4 is 6.08 Å². The van der Waals surface area contributed by atoms with Crippen molar-refractivity contribution in [3.05, 3.63) is 54.1 Å². The number of hydrogen-bond acceptors (Lipinski definition) is 2. The molecule has 0 aliphatic carbocycles. The van der Waals surface area contributed by atoms with E-state index in [1.807, 2.05) is 24.3 Å². The predicted molar refractivity (Wildman–Crippen MR) is 76.3 cm³/mol. The Hall–Kier alpha value is -1.87. The molecule has 2 rings (SSSR count). The Bertz CT molecular complexity index is 528. The molecule has 3 heteroatoms. The quantitative estimate of drug-likeness (QED) is 0.790. The second kappa shape index (κ2) is 6.90. The largest absolute Gasteiger partial charge is 0.457 e. The fraction of sp³-hybridized carbons (Fsp3) is 0.250. The molecule has 1 heterocycles. The Morgan fingerprint density at radius 3 is 2.68 bits per heavy atom. The van der Waals surface area contributed by atoms with Crippen LogP contribution in [0.4, 0.5) is 4.39 Å². The lowest BCUT2D eigenvalue weighted by Gasteiger charge is -1.96. The first kappa shape index (κ1) is 13.6. The lowest BCUT2D eigenvalue weighted by atomic mass is 10.2. The van der Waals surface area contributed by atoms with E-state index in [1.54, 1.807) is 12.1 Å². The molecule has 1 aromatic carbocycles. The second-order valence-corrected chi connectivity index (χ2v) is 4.32. The summed E-state index contributed by atoms with van der Waals surface area (Å²) >= 11 is 0. The first-order valence-electron chi connectivity index (χ1n) is 6.52. The van der Waals surface area contributed by atoms with E-state index in [-0.39, 0.29) is 5.82 Å². The van der Waals surface area contributed by atoms with Gasteiger partial charge in [-0.05, 0) is 55.4 Å². The van der Waals surface area contributed by atoms with Crippen LogP contribution >= 0.6 is 0 Å². The smallest absolute Gasteiger partial charge is 0.134 e. The molecule has 0 aliphatic rings. The normalized spacial score (nSPS) is 11.3. The van der Waals surface area contributed by atoms with Gasteiger partial charge in [0, 0.05) is 12.1 Å². The minimum atomic E-state index is -0.238. The first-order valence-corrected chi connectivity index (χ1v) is 6.52. The molecular weight excluding hydrogens is 241 g/mol. The minimum absolute atomic E-state index is 0.238. The number of rotatable bonds is 6. The predicted octanol–water partition coefficient (Wildman–Crippen LogP) is 4.10. The maximum Gasteiger partial charge on any atom is 0.134 e. The molecule has 2 nitrogen and oxygen atoms in total. The molecule has 0 aliphatic heterocycles. The van der Waals surface area contributed by atoms with Crippen molar-refractivity contribution in [1.82, 2.24) is 5.32 Å². The number of halogens is 1. The van der Waals surface area contributed by atoms with E-state index < -0.39 is 0 Å². The van der Waals surface area contributed by atoms with Crippen molar-refractivity contribution in [3.8, 4) is 11.3 Å². The lowest BCUT2D eigenvalue weighted by Crippen LogP contribution is -2.13. The van der Waals surface area contributed by atoms with Gasteiger partial charge in [-0.25, -0.2) is 4.39 Å². The molecule has 0 fully saturated rings. The summed E-state index contributed by atoms with van der Waals surface area (Å²) in [4.78, 5) is 0. The zero-order chi connectivity index (χ0) is 13.5. The zero-order valence-electron chi connectivity index (χ0n) is 11.0. The van der Waals surface area contributed by atoms with Crippen LogP contribution in [0, 0.1) is 5.82 Å². The van der Waals surface area contributed by atoms with Crippen LogP contribution in [0.5, 0.6) is 0 Å². The fourth-order valence-corrected chi connectivity index (χ4v) is 1.75. The average molecular weight is 259 g/mol. The van der Waals surface area contributed by atoms with Crippen molar-refractivity contribution in [2.45, 2.75) is 13.3 Å². The molecular formula is C16H18FNO. The van der Waals surface area contributed by atoms with Crippen LogP contribution in [0.2, 0.25) is 0 Å². The van der Waals surface area contributed by atoms with Crippen molar-refractivity contribution in [2.75, 3.05) is 13.1 Å². The summed E-state index contributed by atoms with van der Waals surface area (Å²) in [6, 6.07) is 10.1. The third kappa shape index (κ3) is 4.07. The molecule has 0 amide bonds. The van der Waals surface area contributed by atoms with Crippen LogP contribution in [0.15, 0.2) is 46.9 Å². The highest BCUT2D eigenvalue weighted by Gasteiger charge is 2.02. The average Bonchev–Trinajstić information content (AvgIpc) is 2.88. The SMILES string of the molecule is CCCNCC=Cc1ccc(-c2ccc(F)cc2)o1. The molecule has 0 radical (unpaired) electrons. The number of benzene rings is 1. The van der Waals surface area contributed by atoms with E-state index in [4.69, 9.17) is 4.42 Å². The van der Waals surface area contributed by atoms with Crippen molar-refractivity contribution in [1.29, 1.82) is 0 Å². The van der Waals surface area contributed by atoms with Crippen molar-refractivity contribution in [3.63, 3.8) is 0 Å². The summed E-state index contributed by atoms with van der Waals surface area (Å²) in [5.74, 6) is 1.32. The number of furan rings is 1. The number of nitrogens with one attached hydrogen (secondary N) is 1. The fourth-order valence-electron chi connectivity index (χ4n) is 1.75. The van der Waals surface area contributed by atoms with Gasteiger partial charge < -0.3 is 9.73 Å². The van der Waals surface area contributed by atoms with Gasteiger partial charge in [0.15, 0.2) is 0 Å². The van der Waals surface area contributed by atoms with Gasteiger partial charge in [0.25, 0.3) is 0 Å². The van der Waals surface area contributed by atoms with Crippen molar-refractivity contribution < 1.29 is 8.81 Å². The van der Waals surface area contributed by atoms with Gasteiger partial charge in [0.1, 0.15) is 17.3 Å². The number of hydrogen-bond donors (Lipinski definition) is 1. The van der Waals surface area contributed by atoms with Gasteiger partial charge in [0.05, 0.1) is 0 Å². The molecule has 0 saturated heterocycles. The summed E-state index contributed by atoms with van der Waals surface area (Å²) in [5.41, 5.74) is 0.880. The summed E-state index contributed by atoms with van der Waals surface area (Å²) in [5, 5.41) is 3.28. The van der Waals surface area contributed by atoms with Gasteiger partial charge >= 0.3 is 0 Å². The molecule has 0 saturated carbocycles. The zero-order valence-corrected chi connectivity index (χ0v) is 11.0. The first-order chi connectivity index (χ1) is 9.29. The van der Waals surface area contributed by atoms with Crippen LogP contribution in [0.1, 0.15) is 19.1 Å². The highest BCUT2D eigenvalue weighted by atomic mass is 19.1. The maximum absolute atomic E-state index is 12.8. The van der Waals surface area contributed by atoms with Crippen molar-refractivity contribution in [2.24, 2.45) is 0 Å². The van der Waals surface area contributed by atoms with Crippen LogP contribution < -0.4 is 5.32 Å². The topological polar surface area (TPSA) is 25.2 Å². The van der Waals surface area contributed by atoms with E-state index in [0.717, 1.165) is 36.6 Å². The molecule has 2 aromatic rings. The van der Waals surface area contributed by atoms with Gasteiger partial charge in [-0.2, -0.15) is 0 Å². The Kier molecular flexibility index (Phi) is 4.93. The highest BCUT2D eigenvalue weighted by Crippen LogP contribution is 2.22. The second-order valence-electron chi connectivity index (χ2n) is 4.32. The highest BCUT2D eigenvalue weighted by molar-refractivity contribution is 5.59. The van der Waals surface area contributed by atoms with Gasteiger partial charge in [-0.15, -0.1) is 0 Å². The van der Waals surface area contributed by atoms with Crippen LogP contribution in [0.25, 0.3) is 17.4 Å². The van der Waals surface area contributed by atoms with E-state index in [1.165, 1.54) is 12.1 Å². The molecule has 0 atom stereocenters. The lowest BCUT2D eigenvalue weighted by molar-refractivity contribution is 0.571. The van der Waals surface area contributed by atoms with Crippen LogP contribution in [-0.2, 0) is 0 Å². The summed E-state index contributed by atoms with van der Waals surface area (Å²) in [6.07, 6.45) is 5.10. The molecule has 1 aromatic heterocycles. The molecule has 0 spiro atoms. The third-order valence-corrected chi connectivity index (χ3v) is 2.73. The van der Waals surface area contributed by atoms with Crippen LogP contribution in [-0.4, -0.2) is 13.1 Å².